The predicted molar refractivity (Wildman–Crippen MR) is 137 cm³/mol. The van der Waals surface area contributed by atoms with Crippen LogP contribution in [0.25, 0.3) is 21.9 Å². The van der Waals surface area contributed by atoms with Gasteiger partial charge in [-0.15, -0.1) is 0 Å². The Hall–Kier alpha value is -3.07. The fraction of sp³-hybridized carbons (Fsp3) is 0.464. The Bertz CT molecular complexity index is 1410. The Kier molecular flexibility index (Phi) is 5.23. The van der Waals surface area contributed by atoms with Gasteiger partial charge in [-0.1, -0.05) is 12.1 Å². The van der Waals surface area contributed by atoms with E-state index in [2.05, 4.69) is 50.2 Å². The monoisotopic (exact) mass is 485 g/mol. The summed E-state index contributed by atoms with van der Waals surface area (Å²) >= 11 is 0. The molecule has 0 unspecified atom stereocenters. The maximum Gasteiger partial charge on any atom is 0.164 e. The second-order valence-corrected chi connectivity index (χ2v) is 10.7. The van der Waals surface area contributed by atoms with Gasteiger partial charge < -0.3 is 24.1 Å². The molecule has 186 valence electrons. The summed E-state index contributed by atoms with van der Waals surface area (Å²) in [6.07, 6.45) is 9.03. The number of hydrogen-bond acceptors (Lipinski definition) is 7. The van der Waals surface area contributed by atoms with Gasteiger partial charge in [0.1, 0.15) is 30.0 Å². The average molecular weight is 486 g/mol. The molecule has 36 heavy (non-hydrogen) atoms. The minimum Gasteiger partial charge on any atom is -0.370 e. The highest BCUT2D eigenvalue weighted by Crippen LogP contribution is 2.45. The molecule has 8 nitrogen and oxygen atoms in total. The molecular formula is C28H31N5O3. The molecule has 0 amide bonds. The molecule has 4 atom stereocenters. The van der Waals surface area contributed by atoms with E-state index in [9.17, 15) is 0 Å². The molecule has 0 radical (unpaired) electrons. The molecule has 1 aromatic carbocycles. The Morgan fingerprint density at radius 2 is 1.92 bits per heavy atom. The zero-order valence-electron chi connectivity index (χ0n) is 20.6. The molecular weight excluding hydrogens is 454 g/mol. The SMILES string of the molecule is CC1(C)O[C@@H]2[C@H](O1)[C@@H](CCc1ccc3ccc(NCC4CC4)nc3c1)O[C@H]2n1ccc2cncnc21. The third-order valence-electron chi connectivity index (χ3n) is 7.52. The maximum atomic E-state index is 6.59. The van der Waals surface area contributed by atoms with Crippen LogP contribution in [0.1, 0.15) is 44.9 Å². The average Bonchev–Trinajstić information content (AvgIpc) is 3.41. The third kappa shape index (κ3) is 4.13. The lowest BCUT2D eigenvalue weighted by atomic mass is 10.0. The van der Waals surface area contributed by atoms with E-state index in [1.54, 1.807) is 6.33 Å². The Morgan fingerprint density at radius 1 is 1.06 bits per heavy atom. The zero-order valence-corrected chi connectivity index (χ0v) is 20.6. The number of benzene rings is 1. The molecule has 3 aromatic heterocycles. The van der Waals surface area contributed by atoms with Crippen molar-refractivity contribution in [3.05, 3.63) is 60.7 Å². The number of hydrogen-bond donors (Lipinski definition) is 1. The quantitative estimate of drug-likeness (QED) is 0.401. The number of aromatic nitrogens is 4. The van der Waals surface area contributed by atoms with E-state index >= 15 is 0 Å². The van der Waals surface area contributed by atoms with Gasteiger partial charge in [0.2, 0.25) is 0 Å². The van der Waals surface area contributed by atoms with Crippen LogP contribution in [0.3, 0.4) is 0 Å². The van der Waals surface area contributed by atoms with Crippen LogP contribution in [0.2, 0.25) is 0 Å². The summed E-state index contributed by atoms with van der Waals surface area (Å²) in [6, 6.07) is 12.8. The number of aryl methyl sites for hydroxylation is 1. The molecule has 5 heterocycles. The van der Waals surface area contributed by atoms with E-state index in [0.29, 0.717) is 0 Å². The van der Waals surface area contributed by atoms with Gasteiger partial charge in [-0.2, -0.15) is 0 Å². The van der Waals surface area contributed by atoms with E-state index < -0.39 is 5.79 Å². The lowest BCUT2D eigenvalue weighted by Crippen LogP contribution is -2.29. The number of nitrogens with one attached hydrogen (secondary N) is 1. The van der Waals surface area contributed by atoms with Crippen LogP contribution >= 0.6 is 0 Å². The van der Waals surface area contributed by atoms with Gasteiger partial charge >= 0.3 is 0 Å². The molecule has 7 rings (SSSR count). The molecule has 2 aliphatic heterocycles. The summed E-state index contributed by atoms with van der Waals surface area (Å²) in [5, 5.41) is 5.62. The molecule has 4 aromatic rings. The van der Waals surface area contributed by atoms with Crippen molar-refractivity contribution in [2.24, 2.45) is 5.92 Å². The van der Waals surface area contributed by atoms with Crippen molar-refractivity contribution < 1.29 is 14.2 Å². The van der Waals surface area contributed by atoms with Crippen molar-refractivity contribution in [1.82, 2.24) is 19.5 Å². The molecule has 0 spiro atoms. The summed E-state index contributed by atoms with van der Waals surface area (Å²) < 4.78 is 21.3. The van der Waals surface area contributed by atoms with E-state index in [1.807, 2.05) is 32.3 Å². The second kappa shape index (κ2) is 8.50. The van der Waals surface area contributed by atoms with Crippen molar-refractivity contribution in [1.29, 1.82) is 0 Å². The number of nitrogens with zero attached hydrogens (tertiary/aromatic N) is 4. The fourth-order valence-corrected chi connectivity index (χ4v) is 5.52. The highest BCUT2D eigenvalue weighted by atomic mass is 16.8. The van der Waals surface area contributed by atoms with E-state index in [1.165, 1.54) is 18.4 Å². The van der Waals surface area contributed by atoms with E-state index in [0.717, 1.165) is 53.1 Å². The predicted octanol–water partition coefficient (Wildman–Crippen LogP) is 4.85. The maximum absolute atomic E-state index is 6.59. The summed E-state index contributed by atoms with van der Waals surface area (Å²) in [6.45, 7) is 4.96. The van der Waals surface area contributed by atoms with Gasteiger partial charge in [-0.05, 0) is 75.3 Å². The summed E-state index contributed by atoms with van der Waals surface area (Å²) in [7, 11) is 0. The van der Waals surface area contributed by atoms with Crippen LogP contribution in [0.5, 0.6) is 0 Å². The molecule has 1 saturated carbocycles. The Morgan fingerprint density at radius 3 is 2.81 bits per heavy atom. The van der Waals surface area contributed by atoms with Crippen molar-refractivity contribution in [3.8, 4) is 0 Å². The van der Waals surface area contributed by atoms with Gasteiger partial charge in [-0.25, -0.2) is 15.0 Å². The van der Waals surface area contributed by atoms with Crippen molar-refractivity contribution in [2.45, 2.75) is 69.9 Å². The van der Waals surface area contributed by atoms with Crippen molar-refractivity contribution >= 4 is 27.8 Å². The molecule has 1 aliphatic carbocycles. The normalized spacial score (nSPS) is 27.1. The van der Waals surface area contributed by atoms with Gasteiger partial charge in [0, 0.05) is 29.7 Å². The summed E-state index contributed by atoms with van der Waals surface area (Å²) in [4.78, 5) is 13.5. The van der Waals surface area contributed by atoms with Gasteiger partial charge in [0.05, 0.1) is 11.6 Å². The lowest BCUT2D eigenvalue weighted by Gasteiger charge is -2.25. The van der Waals surface area contributed by atoms with Crippen LogP contribution in [0.4, 0.5) is 5.82 Å². The van der Waals surface area contributed by atoms with Crippen LogP contribution < -0.4 is 5.32 Å². The van der Waals surface area contributed by atoms with E-state index in [-0.39, 0.29) is 24.5 Å². The first-order valence-electron chi connectivity index (χ1n) is 12.9. The van der Waals surface area contributed by atoms with Gasteiger partial charge in [0.25, 0.3) is 0 Å². The van der Waals surface area contributed by atoms with Gasteiger partial charge in [-0.3, -0.25) is 0 Å². The fourth-order valence-electron chi connectivity index (χ4n) is 5.52. The van der Waals surface area contributed by atoms with Crippen LogP contribution in [0, 0.1) is 5.92 Å². The van der Waals surface area contributed by atoms with Crippen LogP contribution in [-0.2, 0) is 20.6 Å². The van der Waals surface area contributed by atoms with Crippen LogP contribution in [-0.4, -0.2) is 50.2 Å². The highest BCUT2D eigenvalue weighted by Gasteiger charge is 2.55. The zero-order chi connectivity index (χ0) is 24.3. The largest absolute Gasteiger partial charge is 0.370 e. The second-order valence-electron chi connectivity index (χ2n) is 10.7. The molecule has 0 bridgehead atoms. The minimum atomic E-state index is -0.649. The Labute approximate surface area is 210 Å². The number of anilines is 1. The number of rotatable bonds is 7. The van der Waals surface area contributed by atoms with Gasteiger partial charge in [0.15, 0.2) is 12.0 Å². The first-order valence-corrected chi connectivity index (χ1v) is 12.9. The standard InChI is InChI=1S/C28H31N5O3/c1-28(2)35-24-22(34-27(25(24)36-28)33-12-11-20-15-29-16-31-26(20)33)9-6-17-5-7-19-8-10-23(32-21(19)13-17)30-14-18-3-4-18/h5,7-8,10-13,15-16,18,22,24-25,27H,3-4,6,9,14H2,1-2H3,(H,30,32)/t22-,24-,25-,27-/m1/s1. The molecule has 8 heteroatoms. The first kappa shape index (κ1) is 22.2. The van der Waals surface area contributed by atoms with Crippen LogP contribution in [0.15, 0.2) is 55.1 Å². The number of pyridine rings is 1. The number of fused-ring (bicyclic) bond motifs is 3. The van der Waals surface area contributed by atoms with E-state index in [4.69, 9.17) is 19.2 Å². The number of ether oxygens (including phenoxy) is 3. The molecule has 1 N–H and O–H groups in total. The molecule has 3 fully saturated rings. The smallest absolute Gasteiger partial charge is 0.164 e. The highest BCUT2D eigenvalue weighted by molar-refractivity contribution is 5.81. The van der Waals surface area contributed by atoms with Crippen molar-refractivity contribution in [2.75, 3.05) is 11.9 Å². The third-order valence-corrected chi connectivity index (χ3v) is 7.52. The molecule has 2 saturated heterocycles. The summed E-state index contributed by atoms with van der Waals surface area (Å²) in [5.74, 6) is 1.12. The lowest BCUT2D eigenvalue weighted by molar-refractivity contribution is -0.196. The minimum absolute atomic E-state index is 0.0868. The van der Waals surface area contributed by atoms with Crippen molar-refractivity contribution in [3.63, 3.8) is 0 Å². The first-order chi connectivity index (χ1) is 17.5. The molecule has 3 aliphatic rings. The topological polar surface area (TPSA) is 83.3 Å². The Balaban J connectivity index is 1.10. The summed E-state index contributed by atoms with van der Waals surface area (Å²) in [5.41, 5.74) is 3.11.